The quantitative estimate of drug-likeness (QED) is 0.539. The first-order chi connectivity index (χ1) is 12.1. The van der Waals surface area contributed by atoms with E-state index in [2.05, 4.69) is 31.0 Å². The van der Waals surface area contributed by atoms with Gasteiger partial charge < -0.3 is 24.8 Å². The summed E-state index contributed by atoms with van der Waals surface area (Å²) in [7, 11) is 1.96. The second-order valence-corrected chi connectivity index (χ2v) is 6.29. The molecule has 10 heteroatoms. The Labute approximate surface area is 145 Å². The van der Waals surface area contributed by atoms with Gasteiger partial charge in [0.15, 0.2) is 5.82 Å². The van der Waals surface area contributed by atoms with Gasteiger partial charge in [-0.25, -0.2) is 0 Å². The minimum atomic E-state index is -0.244. The van der Waals surface area contributed by atoms with Crippen LogP contribution < -0.4 is 10.6 Å². The molecule has 2 heterocycles. The molecule has 3 N–H and O–H groups in total. The zero-order chi connectivity index (χ0) is 17.8. The summed E-state index contributed by atoms with van der Waals surface area (Å²) in [4.78, 5) is 15.1. The Morgan fingerprint density at radius 3 is 2.88 bits per heavy atom. The van der Waals surface area contributed by atoms with Crippen molar-refractivity contribution >= 4 is 5.91 Å². The lowest BCUT2D eigenvalue weighted by Gasteiger charge is -2.34. The minimum absolute atomic E-state index is 0.0130. The van der Waals surface area contributed by atoms with Crippen LogP contribution in [0.1, 0.15) is 49.0 Å². The number of aromatic nitrogens is 5. The maximum absolute atomic E-state index is 11.0. The van der Waals surface area contributed by atoms with Crippen molar-refractivity contribution < 1.29 is 14.4 Å². The SMILES string of the molecule is CC(=O)NC1CC(c2nnc(CNCCc3noc(CO)n3)n2C)C1. The maximum atomic E-state index is 11.0. The predicted octanol–water partition coefficient (Wildman–Crippen LogP) is -0.595. The van der Waals surface area contributed by atoms with Crippen LogP contribution in [0.2, 0.25) is 0 Å². The van der Waals surface area contributed by atoms with Gasteiger partial charge in [0.05, 0.1) is 6.54 Å². The van der Waals surface area contributed by atoms with E-state index in [1.807, 2.05) is 11.6 Å². The Balaban J connectivity index is 1.43. The normalized spacial score (nSPS) is 19.6. The van der Waals surface area contributed by atoms with Gasteiger partial charge in [-0.3, -0.25) is 4.79 Å². The van der Waals surface area contributed by atoms with Gasteiger partial charge in [0.2, 0.25) is 5.91 Å². The average molecular weight is 349 g/mol. The lowest BCUT2D eigenvalue weighted by molar-refractivity contribution is -0.120. The molecule has 1 amide bonds. The molecule has 0 atom stereocenters. The van der Waals surface area contributed by atoms with Gasteiger partial charge in [-0.1, -0.05) is 5.16 Å². The molecule has 0 radical (unpaired) electrons. The third-order valence-electron chi connectivity index (χ3n) is 4.36. The number of hydrogen-bond donors (Lipinski definition) is 3. The van der Waals surface area contributed by atoms with E-state index in [9.17, 15) is 4.79 Å². The number of rotatable bonds is 8. The Morgan fingerprint density at radius 2 is 2.20 bits per heavy atom. The summed E-state index contributed by atoms with van der Waals surface area (Å²) in [6.07, 6.45) is 2.42. The molecule has 2 aromatic rings. The fourth-order valence-electron chi connectivity index (χ4n) is 2.98. The standard InChI is InChI=1S/C15H23N7O3/c1-9(24)17-11-5-10(6-11)15-20-19-13(22(15)2)7-16-4-3-12-18-14(8-23)25-21-12/h10-11,16,23H,3-8H2,1-2H3,(H,17,24). The Hall–Kier alpha value is -2.33. The molecule has 1 aliphatic rings. The van der Waals surface area contributed by atoms with E-state index in [1.165, 1.54) is 0 Å². The fraction of sp³-hybridized carbons (Fsp3) is 0.667. The van der Waals surface area contributed by atoms with Gasteiger partial charge in [-0.2, -0.15) is 4.98 Å². The van der Waals surface area contributed by atoms with Gasteiger partial charge in [0.1, 0.15) is 18.3 Å². The van der Waals surface area contributed by atoms with Gasteiger partial charge >= 0.3 is 0 Å². The third kappa shape index (κ3) is 4.20. The monoisotopic (exact) mass is 349 g/mol. The zero-order valence-corrected chi connectivity index (χ0v) is 14.4. The van der Waals surface area contributed by atoms with E-state index >= 15 is 0 Å². The van der Waals surface area contributed by atoms with Crippen LogP contribution in [0.25, 0.3) is 0 Å². The first kappa shape index (κ1) is 17.5. The number of nitrogens with one attached hydrogen (secondary N) is 2. The third-order valence-corrected chi connectivity index (χ3v) is 4.36. The number of hydrogen-bond acceptors (Lipinski definition) is 8. The molecule has 0 saturated heterocycles. The summed E-state index contributed by atoms with van der Waals surface area (Å²) in [5.41, 5.74) is 0. The molecule has 0 aliphatic heterocycles. The van der Waals surface area contributed by atoms with E-state index in [-0.39, 0.29) is 24.4 Å². The molecule has 1 saturated carbocycles. The number of nitrogens with zero attached hydrogens (tertiary/aromatic N) is 5. The molecule has 25 heavy (non-hydrogen) atoms. The molecular weight excluding hydrogens is 326 g/mol. The Kier molecular flexibility index (Phi) is 5.39. The molecule has 1 fully saturated rings. The van der Waals surface area contributed by atoms with Crippen LogP contribution in [0.5, 0.6) is 0 Å². The minimum Gasteiger partial charge on any atom is -0.387 e. The lowest BCUT2D eigenvalue weighted by Crippen LogP contribution is -2.43. The van der Waals surface area contributed by atoms with Crippen molar-refractivity contribution in [2.24, 2.45) is 7.05 Å². The Bertz CT molecular complexity index is 721. The average Bonchev–Trinajstić information content (AvgIpc) is 3.14. The van der Waals surface area contributed by atoms with Crippen molar-refractivity contribution in [2.75, 3.05) is 6.54 Å². The van der Waals surface area contributed by atoms with E-state index in [0.29, 0.717) is 31.3 Å². The number of aliphatic hydroxyl groups is 1. The molecule has 10 nitrogen and oxygen atoms in total. The van der Waals surface area contributed by atoms with Crippen molar-refractivity contribution in [2.45, 2.75) is 51.3 Å². The number of carbonyl (C=O) groups excluding carboxylic acids is 1. The highest BCUT2D eigenvalue weighted by Gasteiger charge is 2.34. The first-order valence-electron chi connectivity index (χ1n) is 8.35. The molecule has 0 aromatic carbocycles. The van der Waals surface area contributed by atoms with Gasteiger partial charge in [-0.15, -0.1) is 10.2 Å². The van der Waals surface area contributed by atoms with E-state index in [0.717, 1.165) is 24.5 Å². The van der Waals surface area contributed by atoms with Crippen molar-refractivity contribution in [1.82, 2.24) is 35.5 Å². The lowest BCUT2D eigenvalue weighted by atomic mass is 9.79. The van der Waals surface area contributed by atoms with E-state index < -0.39 is 0 Å². The summed E-state index contributed by atoms with van der Waals surface area (Å²) in [6.45, 7) is 2.56. The first-order valence-corrected chi connectivity index (χ1v) is 8.35. The van der Waals surface area contributed by atoms with Crippen molar-refractivity contribution in [3.63, 3.8) is 0 Å². The summed E-state index contributed by atoms with van der Waals surface area (Å²) >= 11 is 0. The number of amides is 1. The highest BCUT2D eigenvalue weighted by molar-refractivity contribution is 5.73. The smallest absolute Gasteiger partial charge is 0.252 e. The second kappa shape index (κ2) is 7.70. The van der Waals surface area contributed by atoms with Crippen molar-refractivity contribution in [1.29, 1.82) is 0 Å². The highest BCUT2D eigenvalue weighted by Crippen LogP contribution is 2.35. The van der Waals surface area contributed by atoms with Crippen LogP contribution in [0.3, 0.4) is 0 Å². The summed E-state index contributed by atoms with van der Waals surface area (Å²) in [6, 6.07) is 0.250. The maximum Gasteiger partial charge on any atom is 0.252 e. The largest absolute Gasteiger partial charge is 0.387 e. The molecule has 1 aliphatic carbocycles. The van der Waals surface area contributed by atoms with E-state index in [1.54, 1.807) is 6.92 Å². The molecule has 3 rings (SSSR count). The number of carbonyl (C=O) groups is 1. The van der Waals surface area contributed by atoms with Crippen LogP contribution in [0.15, 0.2) is 4.52 Å². The second-order valence-electron chi connectivity index (χ2n) is 6.29. The number of aliphatic hydroxyl groups excluding tert-OH is 1. The Morgan fingerprint density at radius 1 is 1.40 bits per heavy atom. The zero-order valence-electron chi connectivity index (χ0n) is 14.4. The van der Waals surface area contributed by atoms with Crippen LogP contribution in [-0.2, 0) is 31.4 Å². The van der Waals surface area contributed by atoms with Crippen molar-refractivity contribution in [3.8, 4) is 0 Å². The van der Waals surface area contributed by atoms with Crippen LogP contribution >= 0.6 is 0 Å². The summed E-state index contributed by atoms with van der Waals surface area (Å²) in [5, 5.41) is 27.4. The van der Waals surface area contributed by atoms with Crippen LogP contribution in [0.4, 0.5) is 0 Å². The van der Waals surface area contributed by atoms with E-state index in [4.69, 9.17) is 9.63 Å². The topological polar surface area (TPSA) is 131 Å². The van der Waals surface area contributed by atoms with Gasteiger partial charge in [0.25, 0.3) is 5.89 Å². The molecular formula is C15H23N7O3. The summed E-state index contributed by atoms with van der Waals surface area (Å²) < 4.78 is 6.85. The van der Waals surface area contributed by atoms with Gasteiger partial charge in [-0.05, 0) is 12.8 Å². The molecule has 136 valence electrons. The molecule has 2 aromatic heterocycles. The predicted molar refractivity (Wildman–Crippen MR) is 86.2 cm³/mol. The molecule has 0 unspecified atom stereocenters. The van der Waals surface area contributed by atoms with Crippen molar-refractivity contribution in [3.05, 3.63) is 23.4 Å². The van der Waals surface area contributed by atoms with Crippen LogP contribution in [-0.4, -0.2) is 48.5 Å². The summed E-state index contributed by atoms with van der Waals surface area (Å²) in [5.74, 6) is 2.98. The van der Waals surface area contributed by atoms with Gasteiger partial charge in [0, 0.05) is 38.9 Å². The molecule has 0 spiro atoms. The molecule has 0 bridgehead atoms. The van der Waals surface area contributed by atoms with Crippen LogP contribution in [0, 0.1) is 0 Å². The fourth-order valence-corrected chi connectivity index (χ4v) is 2.98. The highest BCUT2D eigenvalue weighted by atomic mass is 16.5.